The molecule has 8 nitrogen and oxygen atoms in total. The molecular formula is C48H64N2O6. The fourth-order valence-corrected chi connectivity index (χ4v) is 14.6. The standard InChI is InChI=1S/C48H64N2O6/c1-26-16-27(18-28(17-26)25-51)19-30-23-50-24-31-36-37(45(6,20-33(53)42-44(4,5)56-42)13-10-29-22-49-38(30)39(29)50)32(52)21-48(36,9)47(8)15-11-34-43(2,3)35(54)12-14-46(34,7)41(47)40(31)55/h16-18,22,31,33-34,40-42,51,53,55H,10-15,19-21,23-25H2,1-9H3/t31-,33-,34+,40-,41+,42+,45+,46+,47+,48+/m1/s1. The van der Waals surface area contributed by atoms with Crippen LogP contribution in [0.25, 0.3) is 0 Å². The minimum atomic E-state index is -0.726. The molecule has 4 aliphatic heterocycles. The molecule has 8 heteroatoms. The van der Waals surface area contributed by atoms with Crippen LogP contribution in [0.5, 0.6) is 0 Å². The third-order valence-electron chi connectivity index (χ3n) is 17.4. The number of aliphatic hydroxyl groups is 3. The zero-order valence-corrected chi connectivity index (χ0v) is 35.2. The molecule has 56 heavy (non-hydrogen) atoms. The Morgan fingerprint density at radius 3 is 2.39 bits per heavy atom. The molecule has 0 spiro atoms. The number of aliphatic hydroxyl groups excluding tert-OH is 3. The molecule has 4 heterocycles. The summed E-state index contributed by atoms with van der Waals surface area (Å²) < 4.78 is 5.99. The number of Topliss-reactive ketones (excluding diaryl/α,β-unsaturated/α-hetero) is 2. The Bertz CT molecular complexity index is 2060. The van der Waals surface area contributed by atoms with Gasteiger partial charge in [0, 0.05) is 54.5 Å². The van der Waals surface area contributed by atoms with E-state index in [9.17, 15) is 20.1 Å². The topological polar surface area (TPSA) is 123 Å². The fraction of sp³-hybridized carbons (Fsp3) is 0.688. The molecule has 1 aromatic carbocycles. The van der Waals surface area contributed by atoms with Gasteiger partial charge in [-0.25, -0.2) is 0 Å². The molecule has 3 N–H and O–H groups in total. The van der Waals surface area contributed by atoms with Gasteiger partial charge in [-0.1, -0.05) is 65.3 Å². The van der Waals surface area contributed by atoms with E-state index in [1.807, 2.05) is 26.1 Å². The van der Waals surface area contributed by atoms with Crippen molar-refractivity contribution in [2.75, 3.05) is 13.1 Å². The number of rotatable bonds is 6. The Morgan fingerprint density at radius 1 is 0.982 bits per heavy atom. The molecule has 0 bridgehead atoms. The van der Waals surface area contributed by atoms with Crippen molar-refractivity contribution < 1.29 is 29.6 Å². The first-order valence-electron chi connectivity index (χ1n) is 21.5. The van der Waals surface area contributed by atoms with Crippen LogP contribution in [-0.2, 0) is 27.4 Å². The summed E-state index contributed by atoms with van der Waals surface area (Å²) in [5.74, 6) is 0.249. The highest BCUT2D eigenvalue weighted by molar-refractivity contribution is 6.02. The van der Waals surface area contributed by atoms with Gasteiger partial charge in [0.2, 0.25) is 0 Å². The van der Waals surface area contributed by atoms with E-state index in [4.69, 9.17) is 9.73 Å². The number of allylic oxidation sites excluding steroid dienone is 2. The quantitative estimate of drug-likeness (QED) is 0.259. The second-order valence-electron chi connectivity index (χ2n) is 21.6. The molecule has 1 aromatic rings. The lowest BCUT2D eigenvalue weighted by atomic mass is 9.34. The smallest absolute Gasteiger partial charge is 0.160 e. The van der Waals surface area contributed by atoms with Gasteiger partial charge in [0.1, 0.15) is 11.9 Å². The SMILES string of the molecule is Cc1cc(CO)cc(CC2=C3N=CC4=C3N(C2)C[C@@H]2C3=C(C(=O)C[C@]3(C)[C@@]3(C)CC[C@H]5C(C)(C)C(=O)CC[C@]5(C)[C@@H]3[C@@H]2O)[C@](C)(C[C@@H](O)[C@@H]2OC2(C)C)CC4)c1. The zero-order chi connectivity index (χ0) is 40.1. The average Bonchev–Trinajstić information content (AvgIpc) is 3.36. The highest BCUT2D eigenvalue weighted by atomic mass is 16.6. The van der Waals surface area contributed by atoms with Gasteiger partial charge in [-0.3, -0.25) is 14.6 Å². The Labute approximate surface area is 333 Å². The van der Waals surface area contributed by atoms with Crippen LogP contribution in [0.15, 0.2) is 56.9 Å². The van der Waals surface area contributed by atoms with E-state index >= 15 is 4.79 Å². The molecule has 3 saturated carbocycles. The molecule has 8 aliphatic rings. The monoisotopic (exact) mass is 764 g/mol. The molecule has 0 amide bonds. The van der Waals surface area contributed by atoms with Crippen molar-refractivity contribution in [1.82, 2.24) is 4.90 Å². The van der Waals surface area contributed by atoms with Crippen molar-refractivity contribution >= 4 is 17.8 Å². The Hall–Kier alpha value is -2.91. The molecule has 9 rings (SSSR count). The Morgan fingerprint density at radius 2 is 1.70 bits per heavy atom. The lowest BCUT2D eigenvalue weighted by Gasteiger charge is -2.70. The first-order chi connectivity index (χ1) is 26.2. The van der Waals surface area contributed by atoms with Crippen LogP contribution in [0, 0.1) is 51.8 Å². The van der Waals surface area contributed by atoms with Crippen molar-refractivity contribution in [3.05, 3.63) is 68.6 Å². The maximum absolute atomic E-state index is 15.1. The van der Waals surface area contributed by atoms with Crippen molar-refractivity contribution in [2.45, 2.75) is 151 Å². The minimum Gasteiger partial charge on any atom is -0.392 e. The number of benzene rings is 1. The fourth-order valence-electron chi connectivity index (χ4n) is 14.6. The van der Waals surface area contributed by atoms with Crippen LogP contribution in [0.4, 0.5) is 0 Å². The molecule has 0 radical (unpaired) electrons. The van der Waals surface area contributed by atoms with Crippen LogP contribution in [0.1, 0.15) is 123 Å². The summed E-state index contributed by atoms with van der Waals surface area (Å²) in [7, 11) is 0. The largest absolute Gasteiger partial charge is 0.392 e. The van der Waals surface area contributed by atoms with Crippen molar-refractivity contribution in [3.63, 3.8) is 0 Å². The molecular weight excluding hydrogens is 701 g/mol. The second-order valence-corrected chi connectivity index (χ2v) is 21.6. The number of aliphatic imine (C=N–C) groups is 1. The lowest BCUT2D eigenvalue weighted by molar-refractivity contribution is -0.219. The molecule has 4 fully saturated rings. The summed E-state index contributed by atoms with van der Waals surface area (Å²) in [6, 6.07) is 6.32. The normalized spacial score (nSPS) is 41.1. The van der Waals surface area contributed by atoms with Gasteiger partial charge in [-0.15, -0.1) is 0 Å². The molecule has 302 valence electrons. The molecule has 1 saturated heterocycles. The van der Waals surface area contributed by atoms with Gasteiger partial charge in [0.15, 0.2) is 5.78 Å². The number of ketones is 2. The number of epoxide rings is 1. The summed E-state index contributed by atoms with van der Waals surface area (Å²) in [6.07, 6.45) is 6.29. The number of carbonyl (C=O) groups excluding carboxylic acids is 2. The predicted molar refractivity (Wildman–Crippen MR) is 217 cm³/mol. The maximum Gasteiger partial charge on any atom is 0.160 e. The number of ether oxygens (including phenoxy) is 1. The molecule has 0 unspecified atom stereocenters. The number of nitrogens with zero attached hydrogens (tertiary/aromatic N) is 2. The Kier molecular flexibility index (Phi) is 8.49. The second kappa shape index (κ2) is 12.3. The van der Waals surface area contributed by atoms with E-state index in [0.717, 1.165) is 76.9 Å². The third kappa shape index (κ3) is 5.26. The van der Waals surface area contributed by atoms with E-state index in [-0.39, 0.29) is 47.1 Å². The summed E-state index contributed by atoms with van der Waals surface area (Å²) in [5, 5.41) is 35.3. The number of hydrogen-bond donors (Lipinski definition) is 3. The molecule has 10 atom stereocenters. The summed E-state index contributed by atoms with van der Waals surface area (Å²) in [5.41, 5.74) is 7.10. The van der Waals surface area contributed by atoms with Crippen molar-refractivity contribution in [2.24, 2.45) is 49.8 Å². The number of aryl methyl sites for hydroxylation is 1. The number of carbonyl (C=O) groups is 2. The molecule has 0 aromatic heterocycles. The highest BCUT2D eigenvalue weighted by Gasteiger charge is 2.72. The van der Waals surface area contributed by atoms with E-state index in [1.54, 1.807) is 0 Å². The number of fused-ring (bicyclic) bond motifs is 4. The van der Waals surface area contributed by atoms with Crippen LogP contribution in [-0.4, -0.2) is 75.0 Å². The van der Waals surface area contributed by atoms with Crippen LogP contribution in [0.3, 0.4) is 0 Å². The van der Waals surface area contributed by atoms with Gasteiger partial charge in [-0.2, -0.15) is 0 Å². The van der Waals surface area contributed by atoms with E-state index in [1.165, 1.54) is 5.57 Å². The average molecular weight is 765 g/mol. The summed E-state index contributed by atoms with van der Waals surface area (Å²) in [6.45, 7) is 20.9. The first kappa shape index (κ1) is 38.6. The van der Waals surface area contributed by atoms with Crippen molar-refractivity contribution in [1.29, 1.82) is 0 Å². The van der Waals surface area contributed by atoms with Gasteiger partial charge < -0.3 is 25.0 Å². The van der Waals surface area contributed by atoms with Crippen LogP contribution < -0.4 is 0 Å². The van der Waals surface area contributed by atoms with Crippen molar-refractivity contribution in [3.8, 4) is 0 Å². The first-order valence-corrected chi connectivity index (χ1v) is 21.5. The van der Waals surface area contributed by atoms with Crippen LogP contribution in [0.2, 0.25) is 0 Å². The van der Waals surface area contributed by atoms with E-state index < -0.39 is 34.1 Å². The Balaban J connectivity index is 1.20. The van der Waals surface area contributed by atoms with E-state index in [0.29, 0.717) is 44.6 Å². The van der Waals surface area contributed by atoms with Crippen LogP contribution >= 0.6 is 0 Å². The predicted octanol–water partition coefficient (Wildman–Crippen LogP) is 7.36. The lowest BCUT2D eigenvalue weighted by Crippen LogP contribution is -2.68. The van der Waals surface area contributed by atoms with E-state index in [2.05, 4.69) is 65.5 Å². The zero-order valence-electron chi connectivity index (χ0n) is 35.2. The van der Waals surface area contributed by atoms with Gasteiger partial charge in [0.05, 0.1) is 35.8 Å². The number of hydrogen-bond acceptors (Lipinski definition) is 8. The summed E-state index contributed by atoms with van der Waals surface area (Å²) in [4.78, 5) is 36.2. The van der Waals surface area contributed by atoms with Gasteiger partial charge in [0.25, 0.3) is 0 Å². The minimum absolute atomic E-state index is 0.00228. The molecule has 4 aliphatic carbocycles. The maximum atomic E-state index is 15.1. The summed E-state index contributed by atoms with van der Waals surface area (Å²) >= 11 is 0. The third-order valence-corrected chi connectivity index (χ3v) is 17.4. The highest BCUT2D eigenvalue weighted by Crippen LogP contribution is 2.75. The van der Waals surface area contributed by atoms with Gasteiger partial charge in [-0.05, 0) is 122 Å². The van der Waals surface area contributed by atoms with Gasteiger partial charge >= 0.3 is 0 Å².